The number of imidazole rings is 1. The quantitative estimate of drug-likeness (QED) is 0.197. The topological polar surface area (TPSA) is 135 Å². The minimum atomic E-state index is -0.624. The summed E-state index contributed by atoms with van der Waals surface area (Å²) in [6, 6.07) is 4.09. The molecule has 0 aromatic carbocycles. The Bertz CT molecular complexity index is 1520. The highest BCUT2D eigenvalue weighted by molar-refractivity contribution is 5.87. The maximum Gasteiger partial charge on any atom is 0.352 e. The lowest BCUT2D eigenvalue weighted by molar-refractivity contribution is -0.394. The fraction of sp³-hybridized carbons (Fsp3) is 0.517. The molecule has 0 N–H and O–H groups in total. The summed E-state index contributed by atoms with van der Waals surface area (Å²) >= 11 is 0. The van der Waals surface area contributed by atoms with E-state index in [1.807, 2.05) is 44.7 Å². The van der Waals surface area contributed by atoms with Crippen molar-refractivity contribution in [3.05, 3.63) is 58.9 Å². The molecular formula is C29H36N8O5. The molecule has 4 aromatic rings. The number of nitrogens with zero attached hydrogens (tertiary/aromatic N) is 8. The van der Waals surface area contributed by atoms with Crippen molar-refractivity contribution in [3.8, 4) is 11.6 Å². The molecule has 1 aliphatic heterocycles. The van der Waals surface area contributed by atoms with Crippen molar-refractivity contribution in [1.82, 2.24) is 29.3 Å². The minimum Gasteiger partial charge on any atom is -0.484 e. The Balaban J connectivity index is 1.28. The third-order valence-electron chi connectivity index (χ3n) is 8.02. The van der Waals surface area contributed by atoms with E-state index in [1.54, 1.807) is 13.1 Å². The summed E-state index contributed by atoms with van der Waals surface area (Å²) in [5.74, 6) is 1.72. The van der Waals surface area contributed by atoms with Crippen LogP contribution in [-0.4, -0.2) is 66.6 Å². The second-order valence-corrected chi connectivity index (χ2v) is 11.2. The molecule has 42 heavy (non-hydrogen) atoms. The Morgan fingerprint density at radius 2 is 1.88 bits per heavy atom. The predicted molar refractivity (Wildman–Crippen MR) is 155 cm³/mol. The highest BCUT2D eigenvalue weighted by Crippen LogP contribution is 2.36. The van der Waals surface area contributed by atoms with E-state index >= 15 is 0 Å². The third kappa shape index (κ3) is 5.73. The van der Waals surface area contributed by atoms with Crippen LogP contribution in [0.15, 0.2) is 43.2 Å². The molecule has 13 heteroatoms. The van der Waals surface area contributed by atoms with Crippen molar-refractivity contribution in [2.75, 3.05) is 31.2 Å². The molecule has 5 heterocycles. The van der Waals surface area contributed by atoms with Crippen LogP contribution in [0.5, 0.6) is 11.6 Å². The zero-order valence-electron chi connectivity index (χ0n) is 24.1. The fourth-order valence-corrected chi connectivity index (χ4v) is 5.77. The van der Waals surface area contributed by atoms with E-state index in [0.29, 0.717) is 36.4 Å². The minimum absolute atomic E-state index is 0.0217. The molecule has 222 valence electrons. The molecule has 1 unspecified atom stereocenters. The van der Waals surface area contributed by atoms with Gasteiger partial charge in [0.15, 0.2) is 0 Å². The standard InChI is InChI=1S/C29H36N8O5/c1-19(2)36-29(37(38)39)25(17-32-36)20(3)41-23-14-24-26(31-16-23)15-27(34-10-12-40-13-11-34)33-28(24)42-22-6-4-21(5-7-22)35-9-8-30-18-35/h8-9,14-22H,4-7,10-13H2,1-3H3/t20?,21-,22+. The summed E-state index contributed by atoms with van der Waals surface area (Å²) < 4.78 is 21.9. The van der Waals surface area contributed by atoms with Gasteiger partial charge in [-0.1, -0.05) is 5.10 Å². The highest BCUT2D eigenvalue weighted by Gasteiger charge is 2.29. The number of aromatic nitrogens is 6. The van der Waals surface area contributed by atoms with Gasteiger partial charge in [-0.25, -0.2) is 4.98 Å². The van der Waals surface area contributed by atoms with Crippen LogP contribution >= 0.6 is 0 Å². The molecule has 1 aliphatic carbocycles. The maximum absolute atomic E-state index is 11.9. The Labute approximate surface area is 243 Å². The first-order valence-corrected chi connectivity index (χ1v) is 14.5. The van der Waals surface area contributed by atoms with Gasteiger partial charge in [-0.15, -0.1) is 4.68 Å². The average Bonchev–Trinajstić information content (AvgIpc) is 3.69. The zero-order valence-corrected chi connectivity index (χ0v) is 24.1. The number of anilines is 1. The molecule has 0 bridgehead atoms. The summed E-state index contributed by atoms with van der Waals surface area (Å²) in [7, 11) is 0. The van der Waals surface area contributed by atoms with Crippen molar-refractivity contribution < 1.29 is 19.1 Å². The largest absolute Gasteiger partial charge is 0.484 e. The number of rotatable bonds is 9. The molecule has 6 rings (SSSR count). The molecule has 0 radical (unpaired) electrons. The number of hydrogen-bond donors (Lipinski definition) is 0. The van der Waals surface area contributed by atoms with E-state index < -0.39 is 11.0 Å². The Morgan fingerprint density at radius 1 is 1.10 bits per heavy atom. The molecule has 0 spiro atoms. The smallest absolute Gasteiger partial charge is 0.352 e. The lowest BCUT2D eigenvalue weighted by Gasteiger charge is -2.31. The van der Waals surface area contributed by atoms with Crippen LogP contribution < -0.4 is 14.4 Å². The van der Waals surface area contributed by atoms with Crippen molar-refractivity contribution in [3.63, 3.8) is 0 Å². The molecular weight excluding hydrogens is 540 g/mol. The maximum atomic E-state index is 11.9. The van der Waals surface area contributed by atoms with Gasteiger partial charge < -0.3 is 33.8 Å². The van der Waals surface area contributed by atoms with Crippen LogP contribution in [0.2, 0.25) is 0 Å². The first-order valence-electron chi connectivity index (χ1n) is 14.5. The van der Waals surface area contributed by atoms with Crippen LogP contribution in [0.25, 0.3) is 10.9 Å². The van der Waals surface area contributed by atoms with Gasteiger partial charge in [-0.3, -0.25) is 4.98 Å². The van der Waals surface area contributed by atoms with Crippen LogP contribution in [-0.2, 0) is 4.74 Å². The van der Waals surface area contributed by atoms with Gasteiger partial charge in [0.1, 0.15) is 35.4 Å². The summed E-state index contributed by atoms with van der Waals surface area (Å²) in [4.78, 5) is 27.5. The van der Waals surface area contributed by atoms with Gasteiger partial charge in [0.25, 0.3) is 0 Å². The first-order chi connectivity index (χ1) is 20.4. The number of hydrogen-bond acceptors (Lipinski definition) is 10. The van der Waals surface area contributed by atoms with Gasteiger partial charge in [0, 0.05) is 37.6 Å². The van der Waals surface area contributed by atoms with Crippen molar-refractivity contribution in [1.29, 1.82) is 0 Å². The molecule has 0 amide bonds. The Kier molecular flexibility index (Phi) is 7.92. The predicted octanol–water partition coefficient (Wildman–Crippen LogP) is 5.05. The molecule has 2 aliphatic rings. The summed E-state index contributed by atoms with van der Waals surface area (Å²) in [5, 5.41) is 16.8. The van der Waals surface area contributed by atoms with Crippen LogP contribution in [0.1, 0.15) is 70.2 Å². The Hall–Kier alpha value is -4.26. The third-order valence-corrected chi connectivity index (χ3v) is 8.02. The van der Waals surface area contributed by atoms with E-state index in [2.05, 4.69) is 19.5 Å². The molecule has 4 aromatic heterocycles. The van der Waals surface area contributed by atoms with Crippen LogP contribution in [0, 0.1) is 10.1 Å². The lowest BCUT2D eigenvalue weighted by atomic mass is 9.93. The van der Waals surface area contributed by atoms with Gasteiger partial charge in [-0.2, -0.15) is 4.98 Å². The van der Waals surface area contributed by atoms with E-state index in [4.69, 9.17) is 24.2 Å². The van der Waals surface area contributed by atoms with Gasteiger partial charge in [-0.05, 0) is 57.4 Å². The monoisotopic (exact) mass is 576 g/mol. The lowest BCUT2D eigenvalue weighted by Crippen LogP contribution is -2.36. The molecule has 13 nitrogen and oxygen atoms in total. The number of fused-ring (bicyclic) bond motifs is 1. The molecule has 1 atom stereocenters. The second kappa shape index (κ2) is 11.9. The van der Waals surface area contributed by atoms with Gasteiger partial charge in [0.05, 0.1) is 42.8 Å². The number of ether oxygens (including phenoxy) is 3. The average molecular weight is 577 g/mol. The SMILES string of the molecule is CC(Oc1cnc2cc(N3CCOCC3)nc(O[C@H]3CC[C@@H](n4ccnc4)CC3)c2c1)c1cnn(C(C)C)c1[N+](=O)[O-]. The van der Waals surface area contributed by atoms with Crippen LogP contribution in [0.3, 0.4) is 0 Å². The summed E-state index contributed by atoms with van der Waals surface area (Å²) in [6.07, 6.45) is 12.0. The normalized spacial score (nSPS) is 20.1. The first kappa shape index (κ1) is 27.9. The van der Waals surface area contributed by atoms with E-state index in [1.165, 1.54) is 10.9 Å². The second-order valence-electron chi connectivity index (χ2n) is 11.2. The van der Waals surface area contributed by atoms with E-state index in [9.17, 15) is 10.1 Å². The fourth-order valence-electron chi connectivity index (χ4n) is 5.77. The van der Waals surface area contributed by atoms with Gasteiger partial charge >= 0.3 is 5.82 Å². The number of nitro groups is 1. The zero-order chi connectivity index (χ0) is 29.2. The molecule has 2 fully saturated rings. The van der Waals surface area contributed by atoms with Crippen LogP contribution in [0.4, 0.5) is 11.6 Å². The summed E-state index contributed by atoms with van der Waals surface area (Å²) in [6.45, 7) is 8.26. The Morgan fingerprint density at radius 3 is 2.57 bits per heavy atom. The van der Waals surface area contributed by atoms with Gasteiger partial charge in [0.2, 0.25) is 5.88 Å². The molecule has 1 saturated heterocycles. The van der Waals surface area contributed by atoms with Crippen molar-refractivity contribution in [2.45, 2.75) is 70.7 Å². The number of pyridine rings is 2. The number of morpholine rings is 1. The molecule has 1 saturated carbocycles. The summed E-state index contributed by atoms with van der Waals surface area (Å²) in [5.41, 5.74) is 1.15. The van der Waals surface area contributed by atoms with E-state index in [-0.39, 0.29) is 18.0 Å². The van der Waals surface area contributed by atoms with Crippen molar-refractivity contribution in [2.24, 2.45) is 0 Å². The van der Waals surface area contributed by atoms with E-state index in [0.717, 1.165) is 55.5 Å². The highest BCUT2D eigenvalue weighted by atomic mass is 16.6. The van der Waals surface area contributed by atoms with Crippen molar-refractivity contribution >= 4 is 22.5 Å².